The number of thiophene rings is 1. The van der Waals surface area contributed by atoms with Crippen LogP contribution in [0.5, 0.6) is 0 Å². The molecule has 2 aromatic rings. The first-order valence-corrected chi connectivity index (χ1v) is 7.16. The molecule has 0 aromatic carbocycles. The molecule has 2 aromatic heterocycles. The molecule has 0 bridgehead atoms. The lowest BCUT2D eigenvalue weighted by Gasteiger charge is -2.15. The van der Waals surface area contributed by atoms with Crippen molar-refractivity contribution in [3.63, 3.8) is 0 Å². The summed E-state index contributed by atoms with van der Waals surface area (Å²) in [5.74, 6) is 0.734. The van der Waals surface area contributed by atoms with E-state index in [9.17, 15) is 4.79 Å². The molecule has 0 spiro atoms. The van der Waals surface area contributed by atoms with Crippen molar-refractivity contribution in [3.8, 4) is 0 Å². The largest absolute Gasteiger partial charge is 0.318 e. The Bertz CT molecular complexity index is 631. The Morgan fingerprint density at radius 3 is 2.84 bits per heavy atom. The molecule has 6 heteroatoms. The Kier molecular flexibility index (Phi) is 4.34. The molecule has 104 valence electrons. The van der Waals surface area contributed by atoms with Gasteiger partial charge in [-0.25, -0.2) is 4.98 Å². The Balaban J connectivity index is 2.29. The number of aryl methyl sites for hydroxylation is 2. The van der Waals surface area contributed by atoms with Crippen molar-refractivity contribution in [1.29, 1.82) is 0 Å². The molecule has 2 heterocycles. The van der Waals surface area contributed by atoms with E-state index in [4.69, 9.17) is 0 Å². The molecule has 0 saturated heterocycles. The van der Waals surface area contributed by atoms with Gasteiger partial charge in [-0.3, -0.25) is 9.69 Å². The number of likely N-dealkylation sites (N-methyl/N-ethyl adjacent to an activating group) is 2. The number of aromatic amines is 1. The van der Waals surface area contributed by atoms with Gasteiger partial charge in [0.2, 0.25) is 0 Å². The van der Waals surface area contributed by atoms with Gasteiger partial charge in [0.1, 0.15) is 10.7 Å². The van der Waals surface area contributed by atoms with Crippen LogP contribution in [0.2, 0.25) is 0 Å². The maximum Gasteiger partial charge on any atom is 0.259 e. The van der Waals surface area contributed by atoms with Gasteiger partial charge in [-0.05, 0) is 33.5 Å². The molecule has 19 heavy (non-hydrogen) atoms. The molecule has 0 atom stereocenters. The van der Waals surface area contributed by atoms with Crippen molar-refractivity contribution in [2.45, 2.75) is 20.4 Å². The van der Waals surface area contributed by atoms with Crippen molar-refractivity contribution in [2.24, 2.45) is 0 Å². The number of fused-ring (bicyclic) bond motifs is 1. The zero-order valence-electron chi connectivity index (χ0n) is 11.8. The molecule has 0 amide bonds. The summed E-state index contributed by atoms with van der Waals surface area (Å²) in [6.07, 6.45) is 0. The van der Waals surface area contributed by atoms with Crippen LogP contribution in [0.25, 0.3) is 10.2 Å². The molecule has 0 unspecified atom stereocenters. The average molecular weight is 280 g/mol. The number of nitrogens with one attached hydrogen (secondary N) is 2. The van der Waals surface area contributed by atoms with Crippen molar-refractivity contribution in [3.05, 3.63) is 26.6 Å². The fourth-order valence-corrected chi connectivity index (χ4v) is 3.06. The smallest absolute Gasteiger partial charge is 0.259 e. The molecule has 0 radical (unpaired) electrons. The summed E-state index contributed by atoms with van der Waals surface area (Å²) < 4.78 is 0. The zero-order chi connectivity index (χ0) is 14.0. The minimum atomic E-state index is -0.0242. The second kappa shape index (κ2) is 5.81. The van der Waals surface area contributed by atoms with Gasteiger partial charge in [-0.15, -0.1) is 11.3 Å². The highest BCUT2D eigenvalue weighted by Crippen LogP contribution is 2.25. The first kappa shape index (κ1) is 14.2. The Hall–Kier alpha value is -1.24. The zero-order valence-corrected chi connectivity index (χ0v) is 12.6. The van der Waals surface area contributed by atoms with Crippen LogP contribution >= 0.6 is 11.3 Å². The van der Waals surface area contributed by atoms with E-state index in [0.29, 0.717) is 6.54 Å². The highest BCUT2D eigenvalue weighted by atomic mass is 32.1. The Morgan fingerprint density at radius 1 is 1.42 bits per heavy atom. The minimum Gasteiger partial charge on any atom is -0.318 e. The number of hydrogen-bond donors (Lipinski definition) is 2. The molecule has 0 saturated carbocycles. The molecule has 2 rings (SSSR count). The third kappa shape index (κ3) is 3.02. The van der Waals surface area contributed by atoms with Crippen LogP contribution in [0.4, 0.5) is 0 Å². The van der Waals surface area contributed by atoms with Crippen LogP contribution in [-0.2, 0) is 6.54 Å². The Labute approximate surface area is 116 Å². The topological polar surface area (TPSA) is 61.0 Å². The number of aromatic nitrogens is 2. The monoisotopic (exact) mass is 280 g/mol. The first-order chi connectivity index (χ1) is 9.02. The van der Waals surface area contributed by atoms with Gasteiger partial charge in [0.25, 0.3) is 5.56 Å². The molecule has 5 nitrogen and oxygen atoms in total. The fourth-order valence-electron chi connectivity index (χ4n) is 2.01. The predicted molar refractivity (Wildman–Crippen MR) is 80.0 cm³/mol. The summed E-state index contributed by atoms with van der Waals surface area (Å²) >= 11 is 1.59. The first-order valence-electron chi connectivity index (χ1n) is 6.35. The highest BCUT2D eigenvalue weighted by molar-refractivity contribution is 7.18. The van der Waals surface area contributed by atoms with Gasteiger partial charge in [0.05, 0.1) is 11.9 Å². The number of nitrogens with zero attached hydrogens (tertiary/aromatic N) is 2. The van der Waals surface area contributed by atoms with Crippen LogP contribution in [0.3, 0.4) is 0 Å². The number of hydrogen-bond acceptors (Lipinski definition) is 5. The van der Waals surface area contributed by atoms with E-state index < -0.39 is 0 Å². The van der Waals surface area contributed by atoms with Gasteiger partial charge < -0.3 is 10.3 Å². The molecule has 0 aliphatic rings. The maximum absolute atomic E-state index is 12.1. The maximum atomic E-state index is 12.1. The molecular formula is C13H20N4OS. The van der Waals surface area contributed by atoms with Gasteiger partial charge in [0, 0.05) is 18.0 Å². The van der Waals surface area contributed by atoms with Gasteiger partial charge >= 0.3 is 0 Å². The summed E-state index contributed by atoms with van der Waals surface area (Å²) in [5, 5.41) is 3.84. The Morgan fingerprint density at radius 2 is 2.16 bits per heavy atom. The van der Waals surface area contributed by atoms with Crippen molar-refractivity contribution in [1.82, 2.24) is 20.2 Å². The van der Waals surface area contributed by atoms with Crippen molar-refractivity contribution >= 4 is 21.6 Å². The SMILES string of the molecule is CNCCN(C)Cc1nc2sc(C)c(C)c2c(=O)[nH]1. The predicted octanol–water partition coefficient (Wildman–Crippen LogP) is 1.25. The summed E-state index contributed by atoms with van der Waals surface area (Å²) in [5.41, 5.74) is 1.02. The summed E-state index contributed by atoms with van der Waals surface area (Å²) in [6.45, 7) is 6.49. The van der Waals surface area contributed by atoms with E-state index in [1.165, 1.54) is 0 Å². The third-order valence-electron chi connectivity index (χ3n) is 3.25. The molecular weight excluding hydrogens is 260 g/mol. The fraction of sp³-hybridized carbons (Fsp3) is 0.538. The second-order valence-corrected chi connectivity index (χ2v) is 6.02. The molecule has 0 fully saturated rings. The summed E-state index contributed by atoms with van der Waals surface area (Å²) in [7, 11) is 3.95. The summed E-state index contributed by atoms with van der Waals surface area (Å²) in [6, 6.07) is 0. The van der Waals surface area contributed by atoms with Crippen LogP contribution in [0, 0.1) is 13.8 Å². The van der Waals surface area contributed by atoms with Gasteiger partial charge in [0.15, 0.2) is 0 Å². The normalized spacial score (nSPS) is 11.6. The van der Waals surface area contributed by atoms with E-state index in [2.05, 4.69) is 20.2 Å². The molecule has 0 aliphatic carbocycles. The van der Waals surface area contributed by atoms with Crippen LogP contribution in [-0.4, -0.2) is 42.1 Å². The van der Waals surface area contributed by atoms with Gasteiger partial charge in [-0.1, -0.05) is 0 Å². The van der Waals surface area contributed by atoms with E-state index >= 15 is 0 Å². The average Bonchev–Trinajstić information content (AvgIpc) is 2.62. The second-order valence-electron chi connectivity index (χ2n) is 4.82. The third-order valence-corrected chi connectivity index (χ3v) is 4.35. The lowest BCUT2D eigenvalue weighted by Crippen LogP contribution is -2.28. The van der Waals surface area contributed by atoms with Crippen molar-refractivity contribution < 1.29 is 0 Å². The lowest BCUT2D eigenvalue weighted by molar-refractivity contribution is 0.320. The quantitative estimate of drug-likeness (QED) is 0.865. The number of rotatable bonds is 5. The van der Waals surface area contributed by atoms with Crippen LogP contribution in [0.15, 0.2) is 4.79 Å². The molecule has 2 N–H and O–H groups in total. The number of H-pyrrole nitrogens is 1. The van der Waals surface area contributed by atoms with Crippen molar-refractivity contribution in [2.75, 3.05) is 27.2 Å². The van der Waals surface area contributed by atoms with E-state index in [0.717, 1.165) is 39.6 Å². The van der Waals surface area contributed by atoms with Crippen LogP contribution < -0.4 is 10.9 Å². The van der Waals surface area contributed by atoms with E-state index in [1.54, 1.807) is 11.3 Å². The lowest BCUT2D eigenvalue weighted by atomic mass is 10.2. The van der Waals surface area contributed by atoms with Gasteiger partial charge in [-0.2, -0.15) is 0 Å². The van der Waals surface area contributed by atoms with E-state index in [1.807, 2.05) is 27.9 Å². The standard InChI is InChI=1S/C13H20N4OS/c1-8-9(2)19-13-11(8)12(18)15-10(16-13)7-17(4)6-5-14-3/h14H,5-7H2,1-4H3,(H,15,16,18). The minimum absolute atomic E-state index is 0.0242. The van der Waals surface area contributed by atoms with E-state index in [-0.39, 0.29) is 5.56 Å². The van der Waals surface area contributed by atoms with Crippen LogP contribution in [0.1, 0.15) is 16.3 Å². The highest BCUT2D eigenvalue weighted by Gasteiger charge is 2.12. The molecule has 0 aliphatic heterocycles. The summed E-state index contributed by atoms with van der Waals surface area (Å²) in [4.78, 5) is 23.7.